The fourth-order valence-electron chi connectivity index (χ4n) is 3.28. The van der Waals surface area contributed by atoms with Gasteiger partial charge in [0, 0.05) is 19.6 Å². The first-order valence-electron chi connectivity index (χ1n) is 9.66. The van der Waals surface area contributed by atoms with Crippen molar-refractivity contribution in [3.8, 4) is 0 Å². The van der Waals surface area contributed by atoms with Crippen LogP contribution in [-0.4, -0.2) is 69.1 Å². The van der Waals surface area contributed by atoms with E-state index in [0.29, 0.717) is 6.04 Å². The van der Waals surface area contributed by atoms with Gasteiger partial charge in [-0.05, 0) is 52.5 Å². The molecule has 1 saturated heterocycles. The van der Waals surface area contributed by atoms with Gasteiger partial charge in [0.25, 0.3) is 0 Å². The minimum atomic E-state index is 0.291. The number of guanidine groups is 1. The van der Waals surface area contributed by atoms with E-state index < -0.39 is 0 Å². The summed E-state index contributed by atoms with van der Waals surface area (Å²) < 4.78 is 0. The van der Waals surface area contributed by atoms with E-state index in [2.05, 4.69) is 71.8 Å². The topological polar surface area (TPSA) is 42.9 Å². The molecule has 0 aromatic heterocycles. The number of hydrogen-bond donors (Lipinski definition) is 2. The zero-order valence-electron chi connectivity index (χ0n) is 16.2. The third kappa shape index (κ3) is 7.04. The Balaban J connectivity index is 1.88. The van der Waals surface area contributed by atoms with Crippen LogP contribution in [-0.2, 0) is 0 Å². The molecular formula is C20H35N5. The Morgan fingerprint density at radius 1 is 1.12 bits per heavy atom. The molecular weight excluding hydrogens is 310 g/mol. The number of hydrogen-bond acceptors (Lipinski definition) is 3. The van der Waals surface area contributed by atoms with Crippen LogP contribution in [0, 0.1) is 0 Å². The van der Waals surface area contributed by atoms with Gasteiger partial charge in [-0.2, -0.15) is 0 Å². The lowest BCUT2D eigenvalue weighted by Gasteiger charge is -2.27. The van der Waals surface area contributed by atoms with Gasteiger partial charge >= 0.3 is 0 Å². The van der Waals surface area contributed by atoms with Gasteiger partial charge < -0.3 is 20.4 Å². The van der Waals surface area contributed by atoms with Gasteiger partial charge in [-0.15, -0.1) is 0 Å². The fraction of sp³-hybridized carbons (Fsp3) is 0.650. The highest BCUT2D eigenvalue weighted by Crippen LogP contribution is 2.17. The van der Waals surface area contributed by atoms with Crippen molar-refractivity contribution in [2.24, 2.45) is 4.99 Å². The predicted octanol–water partition coefficient (Wildman–Crippen LogP) is 2.33. The van der Waals surface area contributed by atoms with Crippen LogP contribution in [0.3, 0.4) is 0 Å². The Labute approximate surface area is 153 Å². The van der Waals surface area contributed by atoms with Gasteiger partial charge in [-0.25, -0.2) is 0 Å². The summed E-state index contributed by atoms with van der Waals surface area (Å²) in [6.45, 7) is 8.27. The molecule has 1 aliphatic heterocycles. The molecule has 0 saturated carbocycles. The lowest BCUT2D eigenvalue weighted by atomic mass is 10.1. The Morgan fingerprint density at radius 3 is 2.48 bits per heavy atom. The number of benzene rings is 1. The first kappa shape index (κ1) is 19.7. The molecule has 1 aromatic carbocycles. The van der Waals surface area contributed by atoms with Crippen molar-refractivity contribution in [1.82, 2.24) is 20.4 Å². The average molecular weight is 346 g/mol. The summed E-state index contributed by atoms with van der Waals surface area (Å²) in [5.74, 6) is 0.919. The molecule has 0 aliphatic carbocycles. The third-order valence-electron chi connectivity index (χ3n) is 4.74. The minimum Gasteiger partial charge on any atom is -0.357 e. The van der Waals surface area contributed by atoms with E-state index >= 15 is 0 Å². The molecule has 1 unspecified atom stereocenters. The fourth-order valence-corrected chi connectivity index (χ4v) is 3.28. The zero-order valence-corrected chi connectivity index (χ0v) is 16.2. The molecule has 1 aromatic rings. The van der Waals surface area contributed by atoms with Gasteiger partial charge in [0.05, 0.1) is 12.6 Å². The highest BCUT2D eigenvalue weighted by atomic mass is 15.2. The van der Waals surface area contributed by atoms with E-state index in [4.69, 9.17) is 4.99 Å². The number of rotatable bonds is 8. The molecule has 25 heavy (non-hydrogen) atoms. The van der Waals surface area contributed by atoms with Crippen LogP contribution in [0.25, 0.3) is 0 Å². The Kier molecular flexibility index (Phi) is 8.77. The van der Waals surface area contributed by atoms with Crippen LogP contribution in [0.5, 0.6) is 0 Å². The highest BCUT2D eigenvalue weighted by Gasteiger charge is 2.14. The highest BCUT2D eigenvalue weighted by molar-refractivity contribution is 5.79. The molecule has 140 valence electrons. The summed E-state index contributed by atoms with van der Waals surface area (Å²) in [7, 11) is 4.23. The molecule has 1 heterocycles. The number of nitrogens with zero attached hydrogens (tertiary/aromatic N) is 3. The van der Waals surface area contributed by atoms with E-state index in [1.54, 1.807) is 0 Å². The van der Waals surface area contributed by atoms with Crippen LogP contribution < -0.4 is 10.6 Å². The normalized spacial score (nSPS) is 17.5. The van der Waals surface area contributed by atoms with Crippen LogP contribution in [0.4, 0.5) is 0 Å². The van der Waals surface area contributed by atoms with E-state index in [1.165, 1.54) is 37.9 Å². The monoisotopic (exact) mass is 345 g/mol. The van der Waals surface area contributed by atoms with E-state index in [0.717, 1.165) is 32.1 Å². The molecule has 0 amide bonds. The van der Waals surface area contributed by atoms with Crippen LogP contribution in [0.1, 0.15) is 37.8 Å². The average Bonchev–Trinajstić information content (AvgIpc) is 2.63. The largest absolute Gasteiger partial charge is 0.357 e. The molecule has 1 atom stereocenters. The molecule has 1 fully saturated rings. The minimum absolute atomic E-state index is 0.291. The molecule has 1 aliphatic rings. The van der Waals surface area contributed by atoms with Gasteiger partial charge in [-0.1, -0.05) is 36.8 Å². The van der Waals surface area contributed by atoms with Gasteiger partial charge in [0.1, 0.15) is 0 Å². The summed E-state index contributed by atoms with van der Waals surface area (Å²) in [6, 6.07) is 10.9. The van der Waals surface area contributed by atoms with Crippen molar-refractivity contribution in [2.75, 3.05) is 53.4 Å². The van der Waals surface area contributed by atoms with E-state index in [-0.39, 0.29) is 0 Å². The molecule has 0 spiro atoms. The summed E-state index contributed by atoms with van der Waals surface area (Å²) in [6.07, 6.45) is 4.07. The standard InChI is InChI=1S/C20H35N5/c1-4-21-20(22-13-16-25-14-9-6-10-15-25)23-17-19(24(2)3)18-11-7-5-8-12-18/h5,7-8,11-12,19H,4,6,9-10,13-17H2,1-3H3,(H2,21,22,23). The quantitative estimate of drug-likeness (QED) is 0.561. The van der Waals surface area contributed by atoms with Crippen molar-refractivity contribution >= 4 is 5.96 Å². The predicted molar refractivity (Wildman–Crippen MR) is 107 cm³/mol. The SMILES string of the molecule is CCNC(=NCC(c1ccccc1)N(C)C)NCCN1CCCCC1. The van der Waals surface area contributed by atoms with E-state index in [9.17, 15) is 0 Å². The number of piperidine rings is 1. The first-order valence-corrected chi connectivity index (χ1v) is 9.66. The molecule has 0 radical (unpaired) electrons. The van der Waals surface area contributed by atoms with Crippen LogP contribution >= 0.6 is 0 Å². The maximum atomic E-state index is 4.83. The smallest absolute Gasteiger partial charge is 0.191 e. The Morgan fingerprint density at radius 2 is 1.84 bits per heavy atom. The van der Waals surface area contributed by atoms with Crippen LogP contribution in [0.2, 0.25) is 0 Å². The maximum absolute atomic E-state index is 4.83. The number of likely N-dealkylation sites (tertiary alicyclic amines) is 1. The first-order chi connectivity index (χ1) is 12.2. The second-order valence-electron chi connectivity index (χ2n) is 6.94. The summed E-state index contributed by atoms with van der Waals surface area (Å²) in [5.41, 5.74) is 1.31. The maximum Gasteiger partial charge on any atom is 0.191 e. The summed E-state index contributed by atoms with van der Waals surface area (Å²) in [4.78, 5) is 9.61. The second-order valence-corrected chi connectivity index (χ2v) is 6.94. The summed E-state index contributed by atoms with van der Waals surface area (Å²) in [5, 5.41) is 6.86. The molecule has 5 nitrogen and oxygen atoms in total. The van der Waals surface area contributed by atoms with Crippen molar-refractivity contribution in [3.63, 3.8) is 0 Å². The van der Waals surface area contributed by atoms with Crippen molar-refractivity contribution in [2.45, 2.75) is 32.2 Å². The molecule has 2 rings (SSSR count). The van der Waals surface area contributed by atoms with Gasteiger partial charge in [-0.3, -0.25) is 4.99 Å². The Bertz CT molecular complexity index is 494. The second kappa shape index (κ2) is 11.1. The summed E-state index contributed by atoms with van der Waals surface area (Å²) >= 11 is 0. The lowest BCUT2D eigenvalue weighted by molar-refractivity contribution is 0.232. The molecule has 0 bridgehead atoms. The Hall–Kier alpha value is -1.59. The number of nitrogens with one attached hydrogen (secondary N) is 2. The van der Waals surface area contributed by atoms with Crippen molar-refractivity contribution < 1.29 is 0 Å². The third-order valence-corrected chi connectivity index (χ3v) is 4.74. The number of likely N-dealkylation sites (N-methyl/N-ethyl adjacent to an activating group) is 1. The zero-order chi connectivity index (χ0) is 17.9. The van der Waals surface area contributed by atoms with Gasteiger partial charge in [0.15, 0.2) is 5.96 Å². The molecule has 5 heteroatoms. The van der Waals surface area contributed by atoms with Crippen molar-refractivity contribution in [1.29, 1.82) is 0 Å². The van der Waals surface area contributed by atoms with Crippen LogP contribution in [0.15, 0.2) is 35.3 Å². The molecule has 2 N–H and O–H groups in total. The number of aliphatic imine (C=N–C) groups is 1. The van der Waals surface area contributed by atoms with Gasteiger partial charge in [0.2, 0.25) is 0 Å². The van der Waals surface area contributed by atoms with Crippen molar-refractivity contribution in [3.05, 3.63) is 35.9 Å². The lowest BCUT2D eigenvalue weighted by Crippen LogP contribution is -2.43. The van der Waals surface area contributed by atoms with E-state index in [1.807, 2.05) is 0 Å².